The van der Waals surface area contributed by atoms with Gasteiger partial charge in [-0.3, -0.25) is 4.79 Å². The van der Waals surface area contributed by atoms with Crippen molar-refractivity contribution in [3.63, 3.8) is 0 Å². The topological polar surface area (TPSA) is 64.4 Å². The molecule has 29 heavy (non-hydrogen) atoms. The minimum Gasteiger partial charge on any atom is -0.494 e. The van der Waals surface area contributed by atoms with Crippen molar-refractivity contribution in [3.8, 4) is 17.2 Å². The van der Waals surface area contributed by atoms with Gasteiger partial charge in [0, 0.05) is 16.3 Å². The standard InChI is InChI=1S/C22H16Cl2N2O3/c1-2-28-16-5-3-4-13(10-16)21(27)25-15-7-9-20-19(12-15)26-22(29-20)17-8-6-14(23)11-18(17)24/h3-12H,2H2,1H3,(H,25,27). The molecular weight excluding hydrogens is 411 g/mol. The Morgan fingerprint density at radius 3 is 2.76 bits per heavy atom. The second-order valence-corrected chi connectivity index (χ2v) is 7.08. The third kappa shape index (κ3) is 4.21. The van der Waals surface area contributed by atoms with E-state index in [1.165, 1.54) is 0 Å². The second-order valence-electron chi connectivity index (χ2n) is 6.24. The number of amides is 1. The number of carbonyl (C=O) groups is 1. The van der Waals surface area contributed by atoms with E-state index >= 15 is 0 Å². The molecule has 0 bridgehead atoms. The Labute approximate surface area is 177 Å². The van der Waals surface area contributed by atoms with Crippen LogP contribution in [0.4, 0.5) is 5.69 Å². The van der Waals surface area contributed by atoms with E-state index in [9.17, 15) is 4.79 Å². The maximum Gasteiger partial charge on any atom is 0.255 e. The second kappa shape index (κ2) is 8.15. The Hall–Kier alpha value is -3.02. The maximum absolute atomic E-state index is 12.6. The number of halogens is 2. The first-order valence-corrected chi connectivity index (χ1v) is 9.69. The summed E-state index contributed by atoms with van der Waals surface area (Å²) in [5.41, 5.74) is 2.94. The number of anilines is 1. The van der Waals surface area contributed by atoms with E-state index in [-0.39, 0.29) is 5.91 Å². The van der Waals surface area contributed by atoms with Crippen LogP contribution in [-0.4, -0.2) is 17.5 Å². The summed E-state index contributed by atoms with van der Waals surface area (Å²) in [6.45, 7) is 2.43. The number of aromatic nitrogens is 1. The number of carbonyl (C=O) groups excluding carboxylic acids is 1. The van der Waals surface area contributed by atoms with Gasteiger partial charge in [-0.15, -0.1) is 0 Å². The molecule has 1 aromatic heterocycles. The fourth-order valence-corrected chi connectivity index (χ4v) is 3.37. The molecule has 1 heterocycles. The zero-order valence-corrected chi connectivity index (χ0v) is 16.9. The summed E-state index contributed by atoms with van der Waals surface area (Å²) in [5.74, 6) is 0.793. The smallest absolute Gasteiger partial charge is 0.255 e. The molecule has 1 amide bonds. The van der Waals surface area contributed by atoms with Gasteiger partial charge in [-0.05, 0) is 61.5 Å². The summed E-state index contributed by atoms with van der Waals surface area (Å²) in [6.07, 6.45) is 0. The van der Waals surface area contributed by atoms with Crippen LogP contribution in [0.3, 0.4) is 0 Å². The average molecular weight is 427 g/mol. The molecule has 5 nitrogen and oxygen atoms in total. The molecule has 0 fully saturated rings. The van der Waals surface area contributed by atoms with Gasteiger partial charge in [0.15, 0.2) is 5.58 Å². The van der Waals surface area contributed by atoms with E-state index in [2.05, 4.69) is 10.3 Å². The molecule has 0 saturated carbocycles. The summed E-state index contributed by atoms with van der Waals surface area (Å²) in [6, 6.07) is 17.4. The van der Waals surface area contributed by atoms with Crippen molar-refractivity contribution >= 4 is 45.9 Å². The molecule has 0 saturated heterocycles. The van der Waals surface area contributed by atoms with Crippen LogP contribution in [0.5, 0.6) is 5.75 Å². The lowest BCUT2D eigenvalue weighted by molar-refractivity contribution is 0.102. The Kier molecular flexibility index (Phi) is 5.43. The fraction of sp³-hybridized carbons (Fsp3) is 0.0909. The highest BCUT2D eigenvalue weighted by Gasteiger charge is 2.14. The monoisotopic (exact) mass is 426 g/mol. The van der Waals surface area contributed by atoms with Gasteiger partial charge in [-0.2, -0.15) is 0 Å². The van der Waals surface area contributed by atoms with Gasteiger partial charge in [0.25, 0.3) is 5.91 Å². The van der Waals surface area contributed by atoms with Gasteiger partial charge >= 0.3 is 0 Å². The largest absolute Gasteiger partial charge is 0.494 e. The highest BCUT2D eigenvalue weighted by molar-refractivity contribution is 6.36. The van der Waals surface area contributed by atoms with Crippen LogP contribution in [-0.2, 0) is 0 Å². The molecular formula is C22H16Cl2N2O3. The van der Waals surface area contributed by atoms with Crippen molar-refractivity contribution in [1.82, 2.24) is 4.98 Å². The van der Waals surface area contributed by atoms with E-state index in [1.54, 1.807) is 54.6 Å². The van der Waals surface area contributed by atoms with Gasteiger partial charge < -0.3 is 14.5 Å². The zero-order valence-electron chi connectivity index (χ0n) is 15.4. The number of nitrogens with one attached hydrogen (secondary N) is 1. The minimum absolute atomic E-state index is 0.240. The van der Waals surface area contributed by atoms with E-state index in [0.717, 1.165) is 0 Å². The van der Waals surface area contributed by atoms with Crippen LogP contribution in [0.15, 0.2) is 65.1 Å². The first-order chi connectivity index (χ1) is 14.0. The molecule has 4 aromatic rings. The Morgan fingerprint density at radius 2 is 1.97 bits per heavy atom. The summed E-state index contributed by atoms with van der Waals surface area (Å²) >= 11 is 12.2. The maximum atomic E-state index is 12.6. The lowest BCUT2D eigenvalue weighted by Crippen LogP contribution is -2.11. The van der Waals surface area contributed by atoms with Crippen LogP contribution < -0.4 is 10.1 Å². The van der Waals surface area contributed by atoms with E-state index in [0.29, 0.717) is 56.2 Å². The molecule has 0 atom stereocenters. The molecule has 0 aliphatic rings. The number of hydrogen-bond donors (Lipinski definition) is 1. The summed E-state index contributed by atoms with van der Waals surface area (Å²) in [7, 11) is 0. The highest BCUT2D eigenvalue weighted by atomic mass is 35.5. The zero-order chi connectivity index (χ0) is 20.4. The molecule has 0 aliphatic carbocycles. The summed E-state index contributed by atoms with van der Waals surface area (Å²) in [4.78, 5) is 17.1. The van der Waals surface area contributed by atoms with Gasteiger partial charge in [0.05, 0.1) is 17.2 Å². The van der Waals surface area contributed by atoms with Crippen molar-refractivity contribution in [2.75, 3.05) is 11.9 Å². The number of benzene rings is 3. The predicted molar refractivity (Wildman–Crippen MR) is 115 cm³/mol. The minimum atomic E-state index is -0.240. The molecule has 1 N–H and O–H groups in total. The number of ether oxygens (including phenoxy) is 1. The molecule has 0 spiro atoms. The Morgan fingerprint density at radius 1 is 1.10 bits per heavy atom. The van der Waals surface area contributed by atoms with Crippen molar-refractivity contribution in [1.29, 1.82) is 0 Å². The van der Waals surface area contributed by atoms with Crippen LogP contribution in [0.2, 0.25) is 10.0 Å². The summed E-state index contributed by atoms with van der Waals surface area (Å²) < 4.78 is 11.2. The normalized spacial score (nSPS) is 10.9. The van der Waals surface area contributed by atoms with Gasteiger partial charge in [0.1, 0.15) is 11.3 Å². The molecule has 0 radical (unpaired) electrons. The first kappa shape index (κ1) is 19.3. The Bertz CT molecular complexity index is 1200. The number of fused-ring (bicyclic) bond motifs is 1. The van der Waals surface area contributed by atoms with Crippen molar-refractivity contribution < 1.29 is 13.9 Å². The molecule has 7 heteroatoms. The third-order valence-corrected chi connectivity index (χ3v) is 4.76. The SMILES string of the molecule is CCOc1cccc(C(=O)Nc2ccc3oc(-c4ccc(Cl)cc4Cl)nc3c2)c1. The van der Waals surface area contributed by atoms with Crippen LogP contribution in [0.1, 0.15) is 17.3 Å². The van der Waals surface area contributed by atoms with Crippen LogP contribution in [0.25, 0.3) is 22.6 Å². The quantitative estimate of drug-likeness (QED) is 0.397. The Balaban J connectivity index is 1.59. The first-order valence-electron chi connectivity index (χ1n) is 8.93. The lowest BCUT2D eigenvalue weighted by atomic mass is 10.2. The average Bonchev–Trinajstić information content (AvgIpc) is 3.11. The number of hydrogen-bond acceptors (Lipinski definition) is 4. The van der Waals surface area contributed by atoms with Crippen LogP contribution in [0, 0.1) is 0 Å². The van der Waals surface area contributed by atoms with Gasteiger partial charge in [-0.25, -0.2) is 4.98 Å². The van der Waals surface area contributed by atoms with E-state index in [4.69, 9.17) is 32.4 Å². The van der Waals surface area contributed by atoms with Crippen LogP contribution >= 0.6 is 23.2 Å². The summed E-state index contributed by atoms with van der Waals surface area (Å²) in [5, 5.41) is 3.85. The van der Waals surface area contributed by atoms with Gasteiger partial charge in [-0.1, -0.05) is 29.3 Å². The molecule has 3 aromatic carbocycles. The van der Waals surface area contributed by atoms with Gasteiger partial charge in [0.2, 0.25) is 5.89 Å². The van der Waals surface area contributed by atoms with Crippen molar-refractivity contribution in [2.45, 2.75) is 6.92 Å². The van der Waals surface area contributed by atoms with Crippen molar-refractivity contribution in [3.05, 3.63) is 76.3 Å². The molecule has 4 rings (SSSR count). The number of nitrogens with zero attached hydrogens (tertiary/aromatic N) is 1. The fourth-order valence-electron chi connectivity index (χ4n) is 2.88. The molecule has 146 valence electrons. The molecule has 0 aliphatic heterocycles. The highest BCUT2D eigenvalue weighted by Crippen LogP contribution is 2.32. The van der Waals surface area contributed by atoms with E-state index in [1.807, 2.05) is 13.0 Å². The third-order valence-electron chi connectivity index (χ3n) is 4.21. The number of oxazole rings is 1. The molecule has 0 unspecified atom stereocenters. The number of rotatable bonds is 5. The van der Waals surface area contributed by atoms with Crippen molar-refractivity contribution in [2.24, 2.45) is 0 Å². The van der Waals surface area contributed by atoms with E-state index < -0.39 is 0 Å². The lowest BCUT2D eigenvalue weighted by Gasteiger charge is -2.07. The predicted octanol–water partition coefficient (Wildman–Crippen LogP) is 6.45.